The van der Waals surface area contributed by atoms with E-state index in [1.807, 2.05) is 0 Å². The molecule has 1 amide bonds. The van der Waals surface area contributed by atoms with Crippen LogP contribution in [0.1, 0.15) is 60.0 Å². The standard InChI is InChI=1S/C28H26FN3O6S/c1-3-28(37)15-6-19-22-13(8-32(19)24(34)14(15)9-38-26(28)36)20-18(31-25(35)27(11-33)4-5-27)10-39-23-12(2)16(29)7-17(30-22)21(20)23/h6-7,18,33,37H,3-5,8-11H2,1-2H3,(H,31,35)/t18-,28+/m1/s1. The van der Waals surface area contributed by atoms with Crippen LogP contribution in [0.3, 0.4) is 0 Å². The van der Waals surface area contributed by atoms with E-state index in [1.165, 1.54) is 17.8 Å². The molecule has 1 saturated carbocycles. The number of benzene rings is 1. The summed E-state index contributed by atoms with van der Waals surface area (Å²) in [4.78, 5) is 44.9. The normalized spacial score (nSPS) is 23.6. The highest BCUT2D eigenvalue weighted by Crippen LogP contribution is 2.50. The quantitative estimate of drug-likeness (QED) is 0.330. The monoisotopic (exact) mass is 551 g/mol. The Balaban J connectivity index is 1.47. The fourth-order valence-electron chi connectivity index (χ4n) is 6.16. The van der Waals surface area contributed by atoms with Crippen molar-refractivity contribution in [1.29, 1.82) is 0 Å². The molecule has 4 aliphatic rings. The maximum Gasteiger partial charge on any atom is 0.343 e. The third kappa shape index (κ3) is 3.20. The van der Waals surface area contributed by atoms with E-state index in [0.29, 0.717) is 41.1 Å². The summed E-state index contributed by atoms with van der Waals surface area (Å²) in [5.74, 6) is -0.965. The van der Waals surface area contributed by atoms with Crippen LogP contribution in [0.4, 0.5) is 4.39 Å². The van der Waals surface area contributed by atoms with Crippen LogP contribution < -0.4 is 10.9 Å². The summed E-state index contributed by atoms with van der Waals surface area (Å²) >= 11 is 1.45. The Hall–Kier alpha value is -3.28. The van der Waals surface area contributed by atoms with E-state index in [1.54, 1.807) is 24.5 Å². The maximum atomic E-state index is 15.0. The van der Waals surface area contributed by atoms with Crippen LogP contribution in [0.5, 0.6) is 0 Å². The number of nitrogens with one attached hydrogen (secondary N) is 1. The van der Waals surface area contributed by atoms with Crippen molar-refractivity contribution < 1.29 is 28.9 Å². The van der Waals surface area contributed by atoms with Gasteiger partial charge in [-0.15, -0.1) is 11.8 Å². The summed E-state index contributed by atoms with van der Waals surface area (Å²) in [5.41, 5.74) is 0.618. The average molecular weight is 552 g/mol. The van der Waals surface area contributed by atoms with Gasteiger partial charge in [-0.05, 0) is 43.4 Å². The summed E-state index contributed by atoms with van der Waals surface area (Å²) in [6.45, 7) is 3.07. The smallest absolute Gasteiger partial charge is 0.343 e. The summed E-state index contributed by atoms with van der Waals surface area (Å²) in [7, 11) is 0. The first-order chi connectivity index (χ1) is 18.6. The molecule has 2 aromatic heterocycles. The maximum absolute atomic E-state index is 15.0. The average Bonchev–Trinajstić information content (AvgIpc) is 3.65. The van der Waals surface area contributed by atoms with Gasteiger partial charge in [-0.25, -0.2) is 14.2 Å². The van der Waals surface area contributed by atoms with Crippen molar-refractivity contribution in [3.8, 4) is 11.4 Å². The van der Waals surface area contributed by atoms with E-state index < -0.39 is 28.8 Å². The second-order valence-corrected chi connectivity index (χ2v) is 12.0. The Morgan fingerprint density at radius 2 is 2.08 bits per heavy atom. The molecule has 5 heterocycles. The first-order valence-electron chi connectivity index (χ1n) is 13.0. The molecule has 2 atom stereocenters. The second-order valence-electron chi connectivity index (χ2n) is 10.9. The predicted molar refractivity (Wildman–Crippen MR) is 140 cm³/mol. The number of aliphatic hydroxyl groups is 2. The molecule has 3 aromatic rings. The van der Waals surface area contributed by atoms with E-state index in [-0.39, 0.29) is 48.8 Å². The van der Waals surface area contributed by atoms with Crippen molar-refractivity contribution in [3.05, 3.63) is 56.1 Å². The van der Waals surface area contributed by atoms with Crippen molar-refractivity contribution >= 4 is 34.5 Å². The van der Waals surface area contributed by atoms with Crippen molar-refractivity contribution in [3.63, 3.8) is 0 Å². The van der Waals surface area contributed by atoms with Crippen LogP contribution in [0.15, 0.2) is 21.8 Å². The molecule has 0 spiro atoms. The highest BCUT2D eigenvalue weighted by molar-refractivity contribution is 7.99. The van der Waals surface area contributed by atoms with Crippen LogP contribution in [0, 0.1) is 18.2 Å². The number of amides is 1. The molecule has 9 nitrogen and oxygen atoms in total. The Morgan fingerprint density at radius 3 is 2.77 bits per heavy atom. The Kier molecular flexibility index (Phi) is 5.15. The van der Waals surface area contributed by atoms with Crippen LogP contribution in [-0.2, 0) is 33.1 Å². The molecule has 7 rings (SSSR count). The second kappa shape index (κ2) is 8.12. The van der Waals surface area contributed by atoms with Gasteiger partial charge < -0.3 is 24.8 Å². The van der Waals surface area contributed by atoms with Gasteiger partial charge in [0.2, 0.25) is 5.91 Å². The number of nitrogens with zero attached hydrogens (tertiary/aromatic N) is 2. The topological polar surface area (TPSA) is 131 Å². The number of cyclic esters (lactones) is 1. The molecule has 202 valence electrons. The summed E-state index contributed by atoms with van der Waals surface area (Å²) in [6, 6.07) is 2.55. The first-order valence-corrected chi connectivity index (χ1v) is 14.0. The van der Waals surface area contributed by atoms with Crippen molar-refractivity contribution in [1.82, 2.24) is 14.9 Å². The number of rotatable bonds is 4. The lowest BCUT2D eigenvalue weighted by Crippen LogP contribution is -2.44. The highest BCUT2D eigenvalue weighted by Gasteiger charge is 2.50. The number of carbonyl (C=O) groups is 2. The summed E-state index contributed by atoms with van der Waals surface area (Å²) in [5, 5.41) is 24.9. The number of fused-ring (bicyclic) bond motifs is 5. The zero-order chi connectivity index (χ0) is 27.4. The number of pyridine rings is 2. The summed E-state index contributed by atoms with van der Waals surface area (Å²) < 4.78 is 21.7. The van der Waals surface area contributed by atoms with Gasteiger partial charge in [0.25, 0.3) is 5.56 Å². The number of esters is 1. The molecular formula is C28H26FN3O6S. The highest BCUT2D eigenvalue weighted by atomic mass is 32.2. The largest absolute Gasteiger partial charge is 0.458 e. The Morgan fingerprint density at radius 1 is 1.31 bits per heavy atom. The van der Waals surface area contributed by atoms with Gasteiger partial charge >= 0.3 is 5.97 Å². The number of hydrogen-bond donors (Lipinski definition) is 3. The van der Waals surface area contributed by atoms with Crippen LogP contribution >= 0.6 is 11.8 Å². The van der Waals surface area contributed by atoms with E-state index in [0.717, 1.165) is 21.4 Å². The minimum absolute atomic E-state index is 0.0246. The molecule has 0 bridgehead atoms. The fourth-order valence-corrected chi connectivity index (χ4v) is 7.41. The van der Waals surface area contributed by atoms with E-state index >= 15 is 4.39 Å². The SMILES string of the molecule is CC[C@@]1(O)C(=O)OCc2c1cc1n(c2=O)Cc2c-1nc1cc(F)c(C)c3c1c2[C@H](NC(=O)C1(CO)CC1)CS3. The Bertz CT molecular complexity index is 1710. The van der Waals surface area contributed by atoms with Gasteiger partial charge in [0, 0.05) is 33.2 Å². The molecule has 0 radical (unpaired) electrons. The number of halogens is 1. The Labute approximate surface area is 226 Å². The van der Waals surface area contributed by atoms with Gasteiger partial charge in [0.1, 0.15) is 12.4 Å². The molecule has 0 saturated heterocycles. The molecular weight excluding hydrogens is 525 g/mol. The van der Waals surface area contributed by atoms with Crippen molar-refractivity contribution in [2.45, 2.75) is 62.8 Å². The van der Waals surface area contributed by atoms with Crippen LogP contribution in [-0.4, -0.2) is 44.0 Å². The van der Waals surface area contributed by atoms with Crippen LogP contribution in [0.2, 0.25) is 0 Å². The first kappa shape index (κ1) is 24.7. The van der Waals surface area contributed by atoms with Gasteiger partial charge in [0.05, 0.1) is 47.1 Å². The molecule has 39 heavy (non-hydrogen) atoms. The fraction of sp³-hybridized carbons (Fsp3) is 0.429. The third-order valence-electron chi connectivity index (χ3n) is 8.85. The number of aliphatic hydroxyl groups excluding tert-OH is 1. The molecule has 3 aliphatic heterocycles. The van der Waals surface area contributed by atoms with Gasteiger partial charge in [-0.1, -0.05) is 6.92 Å². The number of aromatic nitrogens is 2. The minimum atomic E-state index is -1.96. The lowest BCUT2D eigenvalue weighted by atomic mass is 9.86. The number of ether oxygens (including phenoxy) is 1. The summed E-state index contributed by atoms with van der Waals surface area (Å²) in [6.07, 6.45) is 1.26. The van der Waals surface area contributed by atoms with Crippen LogP contribution in [0.25, 0.3) is 22.3 Å². The van der Waals surface area contributed by atoms with Crippen molar-refractivity contribution in [2.75, 3.05) is 12.4 Å². The van der Waals surface area contributed by atoms with E-state index in [2.05, 4.69) is 5.32 Å². The molecule has 11 heteroatoms. The van der Waals surface area contributed by atoms with Gasteiger partial charge in [0.15, 0.2) is 5.60 Å². The zero-order valence-electron chi connectivity index (χ0n) is 21.4. The van der Waals surface area contributed by atoms with Crippen molar-refractivity contribution in [2.24, 2.45) is 5.41 Å². The van der Waals surface area contributed by atoms with Gasteiger partial charge in [-0.3, -0.25) is 9.59 Å². The lowest BCUT2D eigenvalue weighted by Gasteiger charge is -2.31. The van der Waals surface area contributed by atoms with E-state index in [4.69, 9.17) is 9.72 Å². The molecule has 1 fully saturated rings. The van der Waals surface area contributed by atoms with E-state index in [9.17, 15) is 24.6 Å². The predicted octanol–water partition coefficient (Wildman–Crippen LogP) is 2.56. The number of thioether (sulfide) groups is 1. The van der Waals surface area contributed by atoms with Gasteiger partial charge in [-0.2, -0.15) is 0 Å². The number of hydrogen-bond acceptors (Lipinski definition) is 8. The third-order valence-corrected chi connectivity index (χ3v) is 10.1. The lowest BCUT2D eigenvalue weighted by molar-refractivity contribution is -0.172. The molecule has 3 N–H and O–H groups in total. The molecule has 1 aromatic carbocycles. The minimum Gasteiger partial charge on any atom is -0.458 e. The molecule has 0 unspecified atom stereocenters. The molecule has 1 aliphatic carbocycles. The zero-order valence-corrected chi connectivity index (χ0v) is 22.2. The number of carbonyl (C=O) groups excluding carboxylic acids is 2.